The fraction of sp³-hybridized carbons (Fsp3) is 0.647. The Bertz CT molecular complexity index is 413. The van der Waals surface area contributed by atoms with Gasteiger partial charge in [0, 0.05) is 12.6 Å². The maximum Gasteiger partial charge on any atom is 0.119 e. The average molecular weight is 277 g/mol. The van der Waals surface area contributed by atoms with Crippen LogP contribution in [0, 0.1) is 6.92 Å². The first-order valence-electron chi connectivity index (χ1n) is 7.84. The Morgan fingerprint density at radius 2 is 2.05 bits per heavy atom. The summed E-state index contributed by atoms with van der Waals surface area (Å²) < 4.78 is 5.69. The van der Waals surface area contributed by atoms with E-state index in [4.69, 9.17) is 4.74 Å². The molecular formula is C17H27NO2. The third kappa shape index (κ3) is 3.74. The van der Waals surface area contributed by atoms with Crippen molar-refractivity contribution in [1.82, 2.24) is 4.90 Å². The smallest absolute Gasteiger partial charge is 0.119 e. The lowest BCUT2D eigenvalue weighted by Crippen LogP contribution is -2.27. The molecule has 0 aliphatic carbocycles. The van der Waals surface area contributed by atoms with Crippen LogP contribution in [0.15, 0.2) is 18.2 Å². The SMILES string of the molecule is CCCOc1ccc(C(CCO)N2CCCC2)c(C)c1. The number of aliphatic hydroxyl groups excluding tert-OH is 1. The Balaban J connectivity index is 2.15. The summed E-state index contributed by atoms with van der Waals surface area (Å²) in [5.74, 6) is 0.956. The highest BCUT2D eigenvalue weighted by atomic mass is 16.5. The zero-order chi connectivity index (χ0) is 14.4. The molecule has 3 heteroatoms. The Kier molecular flexibility index (Phi) is 5.86. The average Bonchev–Trinajstić information content (AvgIpc) is 2.97. The molecule has 1 aromatic carbocycles. The van der Waals surface area contributed by atoms with Crippen LogP contribution in [-0.2, 0) is 0 Å². The molecule has 1 unspecified atom stereocenters. The van der Waals surface area contributed by atoms with E-state index in [-0.39, 0.29) is 6.61 Å². The number of benzene rings is 1. The number of hydrogen-bond donors (Lipinski definition) is 1. The van der Waals surface area contributed by atoms with Gasteiger partial charge in [0.05, 0.1) is 6.61 Å². The second kappa shape index (κ2) is 7.65. The van der Waals surface area contributed by atoms with Crippen LogP contribution >= 0.6 is 0 Å². The molecule has 1 aromatic rings. The number of hydrogen-bond acceptors (Lipinski definition) is 3. The number of ether oxygens (including phenoxy) is 1. The summed E-state index contributed by atoms with van der Waals surface area (Å²) in [4.78, 5) is 2.51. The summed E-state index contributed by atoms with van der Waals surface area (Å²) in [6.45, 7) is 7.58. The molecule has 1 aliphatic heterocycles. The van der Waals surface area contributed by atoms with Gasteiger partial charge in [-0.1, -0.05) is 13.0 Å². The van der Waals surface area contributed by atoms with E-state index in [1.165, 1.54) is 24.0 Å². The van der Waals surface area contributed by atoms with Crippen LogP contribution in [-0.4, -0.2) is 36.3 Å². The van der Waals surface area contributed by atoms with Crippen LogP contribution in [0.25, 0.3) is 0 Å². The molecule has 1 saturated heterocycles. The molecule has 0 saturated carbocycles. The zero-order valence-corrected chi connectivity index (χ0v) is 12.8. The zero-order valence-electron chi connectivity index (χ0n) is 12.8. The van der Waals surface area contributed by atoms with Crippen molar-refractivity contribution in [3.8, 4) is 5.75 Å². The van der Waals surface area contributed by atoms with Gasteiger partial charge < -0.3 is 9.84 Å². The van der Waals surface area contributed by atoms with Crippen LogP contribution in [0.4, 0.5) is 0 Å². The lowest BCUT2D eigenvalue weighted by Gasteiger charge is -2.29. The fourth-order valence-electron chi connectivity index (χ4n) is 3.04. The van der Waals surface area contributed by atoms with E-state index in [2.05, 4.69) is 36.9 Å². The minimum absolute atomic E-state index is 0.245. The molecular weight excluding hydrogens is 250 g/mol. The molecule has 0 radical (unpaired) electrons. The van der Waals surface area contributed by atoms with Crippen LogP contribution in [0.2, 0.25) is 0 Å². The quantitative estimate of drug-likeness (QED) is 0.830. The maximum absolute atomic E-state index is 9.37. The second-order valence-corrected chi connectivity index (χ2v) is 5.64. The van der Waals surface area contributed by atoms with Gasteiger partial charge in [-0.2, -0.15) is 0 Å². The predicted molar refractivity (Wildman–Crippen MR) is 82.2 cm³/mol. The number of likely N-dealkylation sites (tertiary alicyclic amines) is 1. The topological polar surface area (TPSA) is 32.7 Å². The van der Waals surface area contributed by atoms with Gasteiger partial charge in [0.15, 0.2) is 0 Å². The lowest BCUT2D eigenvalue weighted by atomic mass is 9.97. The second-order valence-electron chi connectivity index (χ2n) is 5.64. The van der Waals surface area contributed by atoms with Gasteiger partial charge in [0.1, 0.15) is 5.75 Å². The van der Waals surface area contributed by atoms with Gasteiger partial charge in [0.25, 0.3) is 0 Å². The van der Waals surface area contributed by atoms with E-state index in [0.717, 1.165) is 38.3 Å². The van der Waals surface area contributed by atoms with Crippen LogP contribution in [0.5, 0.6) is 5.75 Å². The van der Waals surface area contributed by atoms with Gasteiger partial charge in [-0.3, -0.25) is 4.90 Å². The van der Waals surface area contributed by atoms with Crippen LogP contribution in [0.1, 0.15) is 49.8 Å². The van der Waals surface area contributed by atoms with Gasteiger partial charge in [-0.25, -0.2) is 0 Å². The lowest BCUT2D eigenvalue weighted by molar-refractivity contribution is 0.185. The van der Waals surface area contributed by atoms with Crippen molar-refractivity contribution in [3.63, 3.8) is 0 Å². The fourth-order valence-corrected chi connectivity index (χ4v) is 3.04. The van der Waals surface area contributed by atoms with E-state index in [1.54, 1.807) is 0 Å². The highest BCUT2D eigenvalue weighted by molar-refractivity contribution is 5.36. The minimum atomic E-state index is 0.245. The minimum Gasteiger partial charge on any atom is -0.494 e. The van der Waals surface area contributed by atoms with Gasteiger partial charge in [-0.15, -0.1) is 0 Å². The Hall–Kier alpha value is -1.06. The highest BCUT2D eigenvalue weighted by Crippen LogP contribution is 2.31. The molecule has 1 fully saturated rings. The monoisotopic (exact) mass is 277 g/mol. The summed E-state index contributed by atoms with van der Waals surface area (Å²) in [6, 6.07) is 6.73. The molecule has 0 spiro atoms. The first-order valence-corrected chi connectivity index (χ1v) is 7.84. The number of aryl methyl sites for hydroxylation is 1. The van der Waals surface area contributed by atoms with Crippen molar-refractivity contribution in [2.45, 2.75) is 45.6 Å². The van der Waals surface area contributed by atoms with Gasteiger partial charge >= 0.3 is 0 Å². The summed E-state index contributed by atoms with van der Waals surface area (Å²) in [7, 11) is 0. The van der Waals surface area contributed by atoms with Crippen molar-refractivity contribution in [2.75, 3.05) is 26.3 Å². The van der Waals surface area contributed by atoms with Crippen molar-refractivity contribution in [2.24, 2.45) is 0 Å². The van der Waals surface area contributed by atoms with E-state index < -0.39 is 0 Å². The molecule has 2 rings (SSSR count). The van der Waals surface area contributed by atoms with Crippen LogP contribution in [0.3, 0.4) is 0 Å². The van der Waals surface area contributed by atoms with Crippen molar-refractivity contribution >= 4 is 0 Å². The summed E-state index contributed by atoms with van der Waals surface area (Å²) in [6.07, 6.45) is 4.40. The highest BCUT2D eigenvalue weighted by Gasteiger charge is 2.24. The molecule has 1 N–H and O–H groups in total. The third-order valence-corrected chi connectivity index (χ3v) is 4.06. The Labute approximate surface area is 122 Å². The summed E-state index contributed by atoms with van der Waals surface area (Å²) in [5, 5.41) is 9.37. The van der Waals surface area contributed by atoms with Crippen molar-refractivity contribution < 1.29 is 9.84 Å². The molecule has 1 heterocycles. The molecule has 1 aliphatic rings. The summed E-state index contributed by atoms with van der Waals surface area (Å²) >= 11 is 0. The van der Waals surface area contributed by atoms with E-state index in [1.807, 2.05) is 0 Å². The van der Waals surface area contributed by atoms with Gasteiger partial charge in [-0.05, 0) is 69.0 Å². The molecule has 3 nitrogen and oxygen atoms in total. The molecule has 0 amide bonds. The number of rotatable bonds is 7. The predicted octanol–water partition coefficient (Wildman–Crippen LogP) is 3.30. The standard InChI is InChI=1S/C17H27NO2/c1-3-12-20-15-6-7-16(14(2)13-15)17(8-11-19)18-9-4-5-10-18/h6-7,13,17,19H,3-5,8-12H2,1-2H3. The first kappa shape index (κ1) is 15.3. The largest absolute Gasteiger partial charge is 0.494 e. The normalized spacial score (nSPS) is 17.4. The molecule has 1 atom stereocenters. The first-order chi connectivity index (χ1) is 9.76. The van der Waals surface area contributed by atoms with Crippen LogP contribution < -0.4 is 4.74 Å². The Morgan fingerprint density at radius 1 is 1.30 bits per heavy atom. The molecule has 20 heavy (non-hydrogen) atoms. The van der Waals surface area contributed by atoms with Crippen molar-refractivity contribution in [3.05, 3.63) is 29.3 Å². The summed E-state index contributed by atoms with van der Waals surface area (Å²) in [5.41, 5.74) is 2.61. The number of aliphatic hydroxyl groups is 1. The number of nitrogens with zero attached hydrogens (tertiary/aromatic N) is 1. The van der Waals surface area contributed by atoms with E-state index in [9.17, 15) is 5.11 Å². The van der Waals surface area contributed by atoms with E-state index in [0.29, 0.717) is 6.04 Å². The molecule has 0 aromatic heterocycles. The Morgan fingerprint density at radius 3 is 2.65 bits per heavy atom. The van der Waals surface area contributed by atoms with Crippen molar-refractivity contribution in [1.29, 1.82) is 0 Å². The van der Waals surface area contributed by atoms with Gasteiger partial charge in [0.2, 0.25) is 0 Å². The maximum atomic E-state index is 9.37. The molecule has 112 valence electrons. The third-order valence-electron chi connectivity index (χ3n) is 4.06. The van der Waals surface area contributed by atoms with E-state index >= 15 is 0 Å². The molecule has 0 bridgehead atoms.